The van der Waals surface area contributed by atoms with Crippen molar-refractivity contribution in [2.45, 2.75) is 58.0 Å². The van der Waals surface area contributed by atoms with Crippen molar-refractivity contribution in [3.8, 4) is 39.8 Å². The number of likely N-dealkylation sites (tertiary alicyclic amines) is 1. The Morgan fingerprint density at radius 2 is 1.74 bits per heavy atom. The second-order valence-corrected chi connectivity index (χ2v) is 14.8. The zero-order chi connectivity index (χ0) is 40.4. The molecule has 0 bridgehead atoms. The second-order valence-electron chi connectivity index (χ2n) is 14.4. The van der Waals surface area contributed by atoms with Gasteiger partial charge in [0.15, 0.2) is 11.5 Å². The summed E-state index contributed by atoms with van der Waals surface area (Å²) in [7, 11) is 3.24. The third kappa shape index (κ3) is 9.49. The van der Waals surface area contributed by atoms with E-state index >= 15 is 0 Å². The van der Waals surface area contributed by atoms with Gasteiger partial charge in [-0.05, 0) is 92.6 Å². The van der Waals surface area contributed by atoms with Crippen LogP contribution in [0.25, 0.3) is 33.3 Å². The first-order chi connectivity index (χ1) is 28.3. The summed E-state index contributed by atoms with van der Waals surface area (Å²) in [5.74, 6) is 1.78. The molecule has 1 aliphatic heterocycles. The molecule has 4 aromatic carbocycles. The summed E-state index contributed by atoms with van der Waals surface area (Å²) in [4.78, 5) is 29.5. The molecule has 1 amide bonds. The number of nitrogens with zero attached hydrogens (tertiary/aromatic N) is 4. The van der Waals surface area contributed by atoms with Gasteiger partial charge in [0.1, 0.15) is 18.0 Å². The van der Waals surface area contributed by atoms with Crippen molar-refractivity contribution in [2.75, 3.05) is 39.2 Å². The molecule has 0 aliphatic carbocycles. The third-order valence-electron chi connectivity index (χ3n) is 10.6. The number of ether oxygens (including phenoxy) is 3. The average molecular weight is 803 g/mol. The Bertz CT molecular complexity index is 2360. The van der Waals surface area contributed by atoms with E-state index < -0.39 is 5.82 Å². The quantitative estimate of drug-likeness (QED) is 0.0925. The number of rotatable bonds is 16. The van der Waals surface area contributed by atoms with Crippen LogP contribution in [0.5, 0.6) is 17.4 Å². The molecule has 2 aromatic heterocycles. The molecule has 1 unspecified atom stereocenters. The predicted molar refractivity (Wildman–Crippen MR) is 228 cm³/mol. The molecule has 6 aromatic rings. The maximum Gasteiger partial charge on any atom is 0.237 e. The monoisotopic (exact) mass is 802 g/mol. The van der Waals surface area contributed by atoms with Crippen LogP contribution in [-0.2, 0) is 11.3 Å². The highest BCUT2D eigenvalue weighted by molar-refractivity contribution is 6.31. The number of carbonyl (C=O) groups excluding carboxylic acids is 1. The molecule has 0 spiro atoms. The summed E-state index contributed by atoms with van der Waals surface area (Å²) in [5.41, 5.74) is 7.64. The lowest BCUT2D eigenvalue weighted by Crippen LogP contribution is -2.49. The first-order valence-electron chi connectivity index (χ1n) is 19.7. The summed E-state index contributed by atoms with van der Waals surface area (Å²) in [6.45, 7) is 4.60. The summed E-state index contributed by atoms with van der Waals surface area (Å²) < 4.78 is 31.3. The van der Waals surface area contributed by atoms with Crippen LogP contribution in [-0.4, -0.2) is 65.7 Å². The molecule has 1 fully saturated rings. The fourth-order valence-corrected chi connectivity index (χ4v) is 7.70. The minimum Gasteiger partial charge on any atom is -0.493 e. The van der Waals surface area contributed by atoms with Crippen molar-refractivity contribution in [3.05, 3.63) is 119 Å². The molecule has 3 heterocycles. The number of anilines is 2. The molecule has 1 saturated heterocycles. The molecule has 300 valence electrons. The smallest absolute Gasteiger partial charge is 0.237 e. The third-order valence-corrected chi connectivity index (χ3v) is 10.9. The summed E-state index contributed by atoms with van der Waals surface area (Å²) in [5, 5.41) is 7.11. The molecule has 12 heteroatoms. The van der Waals surface area contributed by atoms with Crippen molar-refractivity contribution < 1.29 is 23.4 Å². The molecule has 1 atom stereocenters. The number of methoxy groups -OCH3 is 2. The van der Waals surface area contributed by atoms with E-state index in [-0.39, 0.29) is 17.0 Å². The van der Waals surface area contributed by atoms with Gasteiger partial charge >= 0.3 is 0 Å². The first kappa shape index (κ1) is 40.4. The maximum absolute atomic E-state index is 13.7. The Balaban J connectivity index is 0.911. The van der Waals surface area contributed by atoms with Crippen molar-refractivity contribution in [1.29, 1.82) is 0 Å². The minimum atomic E-state index is -0.497. The molecule has 58 heavy (non-hydrogen) atoms. The minimum absolute atomic E-state index is 0.0119. The fraction of sp³-hybridized carbons (Fsp3) is 0.304. The Kier molecular flexibility index (Phi) is 13.3. The van der Waals surface area contributed by atoms with Gasteiger partial charge in [-0.2, -0.15) is 0 Å². The number of nitrogens with one attached hydrogen (secondary N) is 2. The summed E-state index contributed by atoms with van der Waals surface area (Å²) >= 11 is 5.98. The van der Waals surface area contributed by atoms with Crippen LogP contribution >= 0.6 is 11.6 Å². The Morgan fingerprint density at radius 1 is 0.897 bits per heavy atom. The van der Waals surface area contributed by atoms with Gasteiger partial charge in [-0.25, -0.2) is 19.3 Å². The van der Waals surface area contributed by atoms with E-state index in [4.69, 9.17) is 30.8 Å². The number of carbonyl (C=O) groups is 1. The Morgan fingerprint density at radius 3 is 2.55 bits per heavy atom. The molecule has 2 N–H and O–H groups in total. The summed E-state index contributed by atoms with van der Waals surface area (Å²) in [6.07, 6.45) is 6.79. The predicted octanol–water partition coefficient (Wildman–Crippen LogP) is 9.94. The van der Waals surface area contributed by atoms with Crippen LogP contribution in [0.2, 0.25) is 5.02 Å². The van der Waals surface area contributed by atoms with Crippen LogP contribution in [0, 0.1) is 12.7 Å². The molecule has 0 radical (unpaired) electrons. The molecule has 1 aliphatic rings. The number of amides is 1. The van der Waals surface area contributed by atoms with Gasteiger partial charge in [-0.3, -0.25) is 9.69 Å². The van der Waals surface area contributed by atoms with Crippen LogP contribution in [0.1, 0.15) is 49.7 Å². The second kappa shape index (κ2) is 19.1. The zero-order valence-corrected chi connectivity index (χ0v) is 33.8. The first-order valence-corrected chi connectivity index (χ1v) is 20.1. The van der Waals surface area contributed by atoms with Crippen LogP contribution in [0.4, 0.5) is 15.9 Å². The van der Waals surface area contributed by atoms with Crippen molar-refractivity contribution in [3.63, 3.8) is 0 Å². The number of fused-ring (bicyclic) bond motifs is 1. The molecule has 0 saturated carbocycles. The van der Waals surface area contributed by atoms with Crippen molar-refractivity contribution >= 4 is 39.9 Å². The maximum atomic E-state index is 13.7. The van der Waals surface area contributed by atoms with Gasteiger partial charge < -0.3 is 24.8 Å². The van der Waals surface area contributed by atoms with E-state index in [9.17, 15) is 9.18 Å². The van der Waals surface area contributed by atoms with E-state index in [1.165, 1.54) is 29.6 Å². The number of hydrogen-bond donors (Lipinski definition) is 2. The van der Waals surface area contributed by atoms with Crippen molar-refractivity contribution in [2.24, 2.45) is 0 Å². The van der Waals surface area contributed by atoms with Crippen LogP contribution < -0.4 is 24.8 Å². The molecular formula is C46H48ClFN6O4. The molecule has 7 rings (SSSR count). The lowest BCUT2D eigenvalue weighted by molar-refractivity contribution is -0.127. The Hall–Kier alpha value is -5.78. The SMILES string of the molecule is COc1cc2ncnc(Nc3ccc(F)c(Cl)c3)c2cc1OCCCCCNC(=O)C1CCCCN1Cc1ccc(-c2cccc(-c3ccccc3)c2C)nc1OC. The van der Waals surface area contributed by atoms with E-state index in [0.29, 0.717) is 59.5 Å². The van der Waals surface area contributed by atoms with Crippen molar-refractivity contribution in [1.82, 2.24) is 25.2 Å². The number of piperidine rings is 1. The molecular weight excluding hydrogens is 755 g/mol. The largest absolute Gasteiger partial charge is 0.493 e. The standard InChI is InChI=1S/C46H48ClFN6O4/c1-30-34(31-13-6-4-7-14-31)15-12-16-35(30)39-21-18-32(46(53-39)57-3)28-54-23-10-8-17-41(54)45(55)49-22-9-5-11-24-58-43-26-36-40(27-42(43)56-2)50-29-51-44(36)52-33-19-20-38(48)37(47)25-33/h4,6-7,12-16,18-21,25-27,29,41H,5,8-11,17,22-24,28H2,1-3H3,(H,49,55)(H,50,51,52). The van der Waals surface area contributed by atoms with Gasteiger partial charge in [-0.1, -0.05) is 72.6 Å². The van der Waals surface area contributed by atoms with E-state index in [1.807, 2.05) is 12.1 Å². The number of hydrogen-bond acceptors (Lipinski definition) is 9. The van der Waals surface area contributed by atoms with Gasteiger partial charge in [0.05, 0.1) is 43.1 Å². The number of aromatic nitrogens is 3. The normalized spacial score (nSPS) is 14.3. The number of halogens is 2. The number of unbranched alkanes of at least 4 members (excludes halogenated alkanes) is 2. The van der Waals surface area contributed by atoms with Gasteiger partial charge in [0, 0.05) is 41.4 Å². The van der Waals surface area contributed by atoms with E-state index in [2.05, 4.69) is 87.0 Å². The van der Waals surface area contributed by atoms with Crippen LogP contribution in [0.15, 0.2) is 97.3 Å². The topological polar surface area (TPSA) is 111 Å². The van der Waals surface area contributed by atoms with Gasteiger partial charge in [-0.15, -0.1) is 0 Å². The zero-order valence-electron chi connectivity index (χ0n) is 33.1. The van der Waals surface area contributed by atoms with Gasteiger partial charge in [0.25, 0.3) is 0 Å². The van der Waals surface area contributed by atoms with E-state index in [0.717, 1.165) is 67.5 Å². The average Bonchev–Trinajstić information content (AvgIpc) is 3.25. The van der Waals surface area contributed by atoms with Crippen LogP contribution in [0.3, 0.4) is 0 Å². The highest BCUT2D eigenvalue weighted by Crippen LogP contribution is 2.36. The molecule has 10 nitrogen and oxygen atoms in total. The van der Waals surface area contributed by atoms with E-state index in [1.54, 1.807) is 26.4 Å². The number of benzene rings is 4. The highest BCUT2D eigenvalue weighted by Gasteiger charge is 2.29. The van der Waals surface area contributed by atoms with Gasteiger partial charge in [0.2, 0.25) is 11.8 Å². The lowest BCUT2D eigenvalue weighted by Gasteiger charge is -2.34. The highest BCUT2D eigenvalue weighted by atomic mass is 35.5. The Labute approximate surface area is 343 Å². The fourth-order valence-electron chi connectivity index (χ4n) is 7.52. The number of pyridine rings is 1. The summed E-state index contributed by atoms with van der Waals surface area (Å²) in [6, 6.07) is 28.7. The lowest BCUT2D eigenvalue weighted by atomic mass is 9.94.